The van der Waals surface area contributed by atoms with E-state index in [2.05, 4.69) is 17.2 Å². The summed E-state index contributed by atoms with van der Waals surface area (Å²) < 4.78 is 1.75. The van der Waals surface area contributed by atoms with Gasteiger partial charge in [0, 0.05) is 24.5 Å². The van der Waals surface area contributed by atoms with Gasteiger partial charge in [-0.1, -0.05) is 17.9 Å². The summed E-state index contributed by atoms with van der Waals surface area (Å²) in [6.45, 7) is -0.181. The zero-order chi connectivity index (χ0) is 13.7. The van der Waals surface area contributed by atoms with Crippen LogP contribution >= 0.6 is 0 Å². The zero-order valence-electron chi connectivity index (χ0n) is 10.6. The number of aromatic nitrogens is 1. The van der Waals surface area contributed by atoms with Gasteiger partial charge in [-0.05, 0) is 30.3 Å². The number of amides is 1. The van der Waals surface area contributed by atoms with Crippen molar-refractivity contribution in [2.24, 2.45) is 7.05 Å². The Balaban J connectivity index is 2.15. The molecule has 2 aromatic rings. The van der Waals surface area contributed by atoms with E-state index in [4.69, 9.17) is 5.11 Å². The minimum atomic E-state index is -0.181. The van der Waals surface area contributed by atoms with Crippen LogP contribution in [-0.4, -0.2) is 22.2 Å². The fourth-order valence-corrected chi connectivity index (χ4v) is 1.71. The van der Waals surface area contributed by atoms with Gasteiger partial charge in [-0.2, -0.15) is 0 Å². The summed E-state index contributed by atoms with van der Waals surface area (Å²) in [5, 5.41) is 11.5. The van der Waals surface area contributed by atoms with Crippen LogP contribution < -0.4 is 5.32 Å². The summed E-state index contributed by atoms with van der Waals surface area (Å²) in [4.78, 5) is 12.0. The van der Waals surface area contributed by atoms with Crippen molar-refractivity contribution in [3.63, 3.8) is 0 Å². The van der Waals surface area contributed by atoms with Gasteiger partial charge in [0.2, 0.25) is 0 Å². The van der Waals surface area contributed by atoms with Crippen LogP contribution in [0.15, 0.2) is 42.6 Å². The Kier molecular flexibility index (Phi) is 4.01. The third-order valence-electron chi connectivity index (χ3n) is 2.61. The van der Waals surface area contributed by atoms with E-state index in [9.17, 15) is 4.79 Å². The average Bonchev–Trinajstić information content (AvgIpc) is 2.83. The molecule has 0 aliphatic rings. The molecule has 0 atom stereocenters. The Morgan fingerprint density at radius 3 is 2.89 bits per heavy atom. The lowest BCUT2D eigenvalue weighted by Gasteiger charge is -2.06. The molecule has 4 nitrogen and oxygen atoms in total. The van der Waals surface area contributed by atoms with Crippen molar-refractivity contribution in [1.82, 2.24) is 4.57 Å². The first-order valence-corrected chi connectivity index (χ1v) is 5.83. The number of aryl methyl sites for hydroxylation is 1. The van der Waals surface area contributed by atoms with Gasteiger partial charge in [-0.25, -0.2) is 0 Å². The maximum absolute atomic E-state index is 12.0. The highest BCUT2D eigenvalue weighted by atomic mass is 16.2. The van der Waals surface area contributed by atoms with E-state index in [1.165, 1.54) is 0 Å². The number of carbonyl (C=O) groups is 1. The molecular weight excluding hydrogens is 240 g/mol. The lowest BCUT2D eigenvalue weighted by Crippen LogP contribution is -2.15. The quantitative estimate of drug-likeness (QED) is 0.800. The zero-order valence-corrected chi connectivity index (χ0v) is 10.6. The minimum Gasteiger partial charge on any atom is -0.384 e. The Morgan fingerprint density at radius 2 is 2.21 bits per heavy atom. The molecule has 0 saturated carbocycles. The van der Waals surface area contributed by atoms with Crippen molar-refractivity contribution in [1.29, 1.82) is 0 Å². The number of anilines is 1. The number of hydrogen-bond acceptors (Lipinski definition) is 2. The lowest BCUT2D eigenvalue weighted by molar-refractivity contribution is 0.101. The van der Waals surface area contributed by atoms with Gasteiger partial charge < -0.3 is 15.0 Å². The molecule has 0 fully saturated rings. The fraction of sp³-hybridized carbons (Fsp3) is 0.133. The molecule has 0 saturated heterocycles. The second kappa shape index (κ2) is 5.89. The molecule has 0 aliphatic heterocycles. The van der Waals surface area contributed by atoms with E-state index < -0.39 is 0 Å². The largest absolute Gasteiger partial charge is 0.384 e. The Labute approximate surface area is 111 Å². The Morgan fingerprint density at radius 1 is 1.37 bits per heavy atom. The number of nitrogens with zero attached hydrogens (tertiary/aromatic N) is 1. The normalized spacial score (nSPS) is 9.58. The molecule has 0 bridgehead atoms. The summed E-state index contributed by atoms with van der Waals surface area (Å²) in [7, 11) is 1.82. The van der Waals surface area contributed by atoms with Gasteiger partial charge in [0.1, 0.15) is 12.3 Å². The van der Waals surface area contributed by atoms with Crippen molar-refractivity contribution < 1.29 is 9.90 Å². The number of aliphatic hydroxyl groups is 1. The molecule has 1 aromatic carbocycles. The first kappa shape index (κ1) is 12.9. The highest BCUT2D eigenvalue weighted by Gasteiger charge is 2.08. The molecule has 2 rings (SSSR count). The SMILES string of the molecule is Cn1cccc1C(=O)Nc1cccc(C#CCO)c1. The van der Waals surface area contributed by atoms with Crippen LogP contribution in [0.4, 0.5) is 5.69 Å². The van der Waals surface area contributed by atoms with Crippen molar-refractivity contribution in [3.8, 4) is 11.8 Å². The highest BCUT2D eigenvalue weighted by molar-refractivity contribution is 6.03. The van der Waals surface area contributed by atoms with E-state index >= 15 is 0 Å². The number of carbonyl (C=O) groups excluding carboxylic acids is 1. The summed E-state index contributed by atoms with van der Waals surface area (Å²) >= 11 is 0. The second-order valence-electron chi connectivity index (χ2n) is 4.00. The van der Waals surface area contributed by atoms with Crippen LogP contribution in [-0.2, 0) is 7.05 Å². The van der Waals surface area contributed by atoms with Gasteiger partial charge in [-0.3, -0.25) is 4.79 Å². The Bertz CT molecular complexity index is 647. The average molecular weight is 254 g/mol. The summed E-state index contributed by atoms with van der Waals surface area (Å²) in [6.07, 6.45) is 1.82. The fourth-order valence-electron chi connectivity index (χ4n) is 1.71. The molecule has 0 unspecified atom stereocenters. The summed E-state index contributed by atoms with van der Waals surface area (Å²) in [5.41, 5.74) is 2.02. The van der Waals surface area contributed by atoms with Gasteiger partial charge in [0.25, 0.3) is 5.91 Å². The van der Waals surface area contributed by atoms with E-state index in [1.54, 1.807) is 22.8 Å². The molecule has 0 spiro atoms. The summed E-state index contributed by atoms with van der Waals surface area (Å²) in [6, 6.07) is 10.8. The number of rotatable bonds is 2. The molecule has 2 N–H and O–H groups in total. The van der Waals surface area contributed by atoms with Gasteiger partial charge in [0.05, 0.1) is 0 Å². The molecule has 1 amide bonds. The van der Waals surface area contributed by atoms with E-state index in [0.29, 0.717) is 11.4 Å². The molecule has 4 heteroatoms. The van der Waals surface area contributed by atoms with Crippen LogP contribution in [0, 0.1) is 11.8 Å². The first-order valence-electron chi connectivity index (χ1n) is 5.83. The number of aliphatic hydroxyl groups excluding tert-OH is 1. The van der Waals surface area contributed by atoms with Crippen molar-refractivity contribution in [2.75, 3.05) is 11.9 Å². The maximum Gasteiger partial charge on any atom is 0.272 e. The van der Waals surface area contributed by atoms with Crippen molar-refractivity contribution >= 4 is 11.6 Å². The summed E-state index contributed by atoms with van der Waals surface area (Å²) in [5.74, 6) is 5.20. The van der Waals surface area contributed by atoms with Crippen LogP contribution in [0.5, 0.6) is 0 Å². The Hall–Kier alpha value is -2.51. The van der Waals surface area contributed by atoms with Crippen LogP contribution in [0.2, 0.25) is 0 Å². The van der Waals surface area contributed by atoms with Crippen molar-refractivity contribution in [3.05, 3.63) is 53.9 Å². The van der Waals surface area contributed by atoms with Crippen molar-refractivity contribution in [2.45, 2.75) is 0 Å². The van der Waals surface area contributed by atoms with Gasteiger partial charge in [0.15, 0.2) is 0 Å². The van der Waals surface area contributed by atoms with Gasteiger partial charge in [-0.15, -0.1) is 0 Å². The van der Waals surface area contributed by atoms with Gasteiger partial charge >= 0.3 is 0 Å². The smallest absolute Gasteiger partial charge is 0.272 e. The van der Waals surface area contributed by atoms with Crippen LogP contribution in [0.3, 0.4) is 0 Å². The second-order valence-corrected chi connectivity index (χ2v) is 4.00. The standard InChI is InChI=1S/C15H14N2O2/c1-17-9-3-8-14(17)15(19)16-13-7-2-5-12(11-13)6-4-10-18/h2-3,5,7-9,11,18H,10H2,1H3,(H,16,19). The highest BCUT2D eigenvalue weighted by Crippen LogP contribution is 2.11. The monoisotopic (exact) mass is 254 g/mol. The molecule has 19 heavy (non-hydrogen) atoms. The topological polar surface area (TPSA) is 54.3 Å². The maximum atomic E-state index is 12.0. The predicted molar refractivity (Wildman–Crippen MR) is 73.8 cm³/mol. The predicted octanol–water partition coefficient (Wildman–Crippen LogP) is 1.62. The van der Waals surface area contributed by atoms with Crippen LogP contribution in [0.25, 0.3) is 0 Å². The number of nitrogens with one attached hydrogen (secondary N) is 1. The number of benzene rings is 1. The molecular formula is C15H14N2O2. The molecule has 1 aromatic heterocycles. The lowest BCUT2D eigenvalue weighted by atomic mass is 10.2. The molecule has 96 valence electrons. The molecule has 0 radical (unpaired) electrons. The third-order valence-corrected chi connectivity index (χ3v) is 2.61. The molecule has 1 heterocycles. The van der Waals surface area contributed by atoms with E-state index in [-0.39, 0.29) is 12.5 Å². The van der Waals surface area contributed by atoms with Crippen LogP contribution in [0.1, 0.15) is 16.1 Å². The first-order chi connectivity index (χ1) is 9.20. The third kappa shape index (κ3) is 3.24. The number of hydrogen-bond donors (Lipinski definition) is 2. The minimum absolute atomic E-state index is 0.167. The van der Waals surface area contributed by atoms with E-state index in [0.717, 1.165) is 5.56 Å². The van der Waals surface area contributed by atoms with E-state index in [1.807, 2.05) is 31.4 Å². The molecule has 0 aliphatic carbocycles.